The highest BCUT2D eigenvalue weighted by Crippen LogP contribution is 2.38. The van der Waals surface area contributed by atoms with Gasteiger partial charge in [0.25, 0.3) is 0 Å². The predicted molar refractivity (Wildman–Crippen MR) is 128 cm³/mol. The maximum absolute atomic E-state index is 13.5. The lowest BCUT2D eigenvalue weighted by Crippen LogP contribution is -2.41. The highest BCUT2D eigenvalue weighted by atomic mass is 32.1. The zero-order valence-electron chi connectivity index (χ0n) is 17.5. The minimum Gasteiger partial charge on any atom is -0.356 e. The highest BCUT2D eigenvalue weighted by Gasteiger charge is 2.35. The van der Waals surface area contributed by atoms with Crippen LogP contribution < -0.4 is 0 Å². The number of carbonyl (C=O) groups is 1. The van der Waals surface area contributed by atoms with Gasteiger partial charge in [0.1, 0.15) is 6.04 Å². The molecule has 0 saturated heterocycles. The van der Waals surface area contributed by atoms with Crippen molar-refractivity contribution in [3.63, 3.8) is 0 Å². The summed E-state index contributed by atoms with van der Waals surface area (Å²) in [6.07, 6.45) is 3.74. The van der Waals surface area contributed by atoms with Crippen LogP contribution in [0.3, 0.4) is 0 Å². The van der Waals surface area contributed by atoms with Crippen molar-refractivity contribution in [3.05, 3.63) is 94.9 Å². The molecule has 0 bridgehead atoms. The number of fused-ring (bicyclic) bond motifs is 4. The standard InChI is InChI=1S/C26H22N4OS/c31-24(13-12-23-28-20-9-3-4-11-22(20)32-23)30-16-14-18-17-7-1-2-8-19(17)29-25(18)26(30)21-10-5-6-15-27-21/h1-11,15,26,29H,12-14,16H2. The lowest BCUT2D eigenvalue weighted by Gasteiger charge is -2.35. The molecule has 5 nitrogen and oxygen atoms in total. The molecule has 1 aliphatic rings. The summed E-state index contributed by atoms with van der Waals surface area (Å²) in [5.41, 5.74) is 5.40. The van der Waals surface area contributed by atoms with E-state index in [4.69, 9.17) is 4.98 Å². The van der Waals surface area contributed by atoms with Crippen molar-refractivity contribution in [1.29, 1.82) is 0 Å². The second kappa shape index (κ2) is 7.88. The average molecular weight is 439 g/mol. The number of aromatic nitrogens is 3. The summed E-state index contributed by atoms with van der Waals surface area (Å²) >= 11 is 1.67. The Balaban J connectivity index is 1.32. The van der Waals surface area contributed by atoms with Crippen LogP contribution in [0.25, 0.3) is 21.1 Å². The third kappa shape index (κ3) is 3.28. The van der Waals surface area contributed by atoms with Gasteiger partial charge in [0.05, 0.1) is 20.9 Å². The summed E-state index contributed by atoms with van der Waals surface area (Å²) in [5.74, 6) is 0.143. The Hall–Kier alpha value is -3.51. The zero-order valence-corrected chi connectivity index (χ0v) is 18.3. The quantitative estimate of drug-likeness (QED) is 0.415. The number of carbonyl (C=O) groups excluding carboxylic acids is 1. The molecule has 0 saturated carbocycles. The summed E-state index contributed by atoms with van der Waals surface area (Å²) in [7, 11) is 0. The maximum atomic E-state index is 13.5. The van der Waals surface area contributed by atoms with Crippen LogP contribution in [-0.4, -0.2) is 32.3 Å². The fourth-order valence-electron chi connectivity index (χ4n) is 4.74. The van der Waals surface area contributed by atoms with E-state index in [-0.39, 0.29) is 11.9 Å². The van der Waals surface area contributed by atoms with Crippen LogP contribution in [0.1, 0.15) is 34.4 Å². The fraction of sp³-hybridized carbons (Fsp3) is 0.192. The minimum atomic E-state index is -0.199. The van der Waals surface area contributed by atoms with Gasteiger partial charge in [-0.15, -0.1) is 11.3 Å². The molecule has 0 fully saturated rings. The Morgan fingerprint density at radius 3 is 2.78 bits per heavy atom. The van der Waals surface area contributed by atoms with Crippen LogP contribution in [0, 0.1) is 0 Å². The number of rotatable bonds is 4. The first-order chi connectivity index (χ1) is 15.8. The third-order valence-corrected chi connectivity index (χ3v) is 7.31. The molecule has 1 amide bonds. The molecule has 4 heterocycles. The topological polar surface area (TPSA) is 61.9 Å². The second-order valence-electron chi connectivity index (χ2n) is 8.13. The summed E-state index contributed by atoms with van der Waals surface area (Å²) in [4.78, 5) is 28.4. The summed E-state index contributed by atoms with van der Waals surface area (Å²) in [6.45, 7) is 0.689. The van der Waals surface area contributed by atoms with E-state index in [1.54, 1.807) is 17.5 Å². The molecular formula is C26H22N4OS. The number of H-pyrrole nitrogens is 1. The molecule has 3 aromatic heterocycles. The van der Waals surface area contributed by atoms with E-state index >= 15 is 0 Å². The van der Waals surface area contributed by atoms with Gasteiger partial charge in [-0.05, 0) is 42.3 Å². The molecule has 2 aromatic carbocycles. The van der Waals surface area contributed by atoms with E-state index in [1.807, 2.05) is 47.4 Å². The molecular weight excluding hydrogens is 416 g/mol. The molecule has 32 heavy (non-hydrogen) atoms. The van der Waals surface area contributed by atoms with Crippen molar-refractivity contribution in [3.8, 4) is 0 Å². The summed E-state index contributed by atoms with van der Waals surface area (Å²) in [5, 5.41) is 2.25. The molecule has 1 atom stereocenters. The number of nitrogens with one attached hydrogen (secondary N) is 1. The highest BCUT2D eigenvalue weighted by molar-refractivity contribution is 7.18. The van der Waals surface area contributed by atoms with Gasteiger partial charge in [-0.1, -0.05) is 36.4 Å². The van der Waals surface area contributed by atoms with Gasteiger partial charge in [-0.3, -0.25) is 9.78 Å². The van der Waals surface area contributed by atoms with Gasteiger partial charge in [0.2, 0.25) is 5.91 Å². The SMILES string of the molecule is O=C(CCc1nc2ccccc2s1)N1CCc2c([nH]c3ccccc23)C1c1ccccn1. The Kier molecular flexibility index (Phi) is 4.72. The van der Waals surface area contributed by atoms with Crippen molar-refractivity contribution in [2.75, 3.05) is 6.54 Å². The molecule has 5 aromatic rings. The van der Waals surface area contributed by atoms with E-state index < -0.39 is 0 Å². The first kappa shape index (κ1) is 19.2. The Morgan fingerprint density at radius 2 is 1.91 bits per heavy atom. The molecule has 0 aliphatic carbocycles. The van der Waals surface area contributed by atoms with Crippen LogP contribution >= 0.6 is 11.3 Å². The number of hydrogen-bond acceptors (Lipinski definition) is 4. The molecule has 1 N–H and O–H groups in total. The molecule has 6 rings (SSSR count). The lowest BCUT2D eigenvalue weighted by atomic mass is 9.94. The number of amides is 1. The number of hydrogen-bond donors (Lipinski definition) is 1. The van der Waals surface area contributed by atoms with Crippen LogP contribution in [0.2, 0.25) is 0 Å². The molecule has 0 spiro atoms. The van der Waals surface area contributed by atoms with Crippen molar-refractivity contribution >= 4 is 38.4 Å². The van der Waals surface area contributed by atoms with Crippen molar-refractivity contribution in [1.82, 2.24) is 19.9 Å². The molecule has 6 heteroatoms. The first-order valence-electron chi connectivity index (χ1n) is 10.9. The molecule has 1 unspecified atom stereocenters. The van der Waals surface area contributed by atoms with Crippen LogP contribution in [0.5, 0.6) is 0 Å². The van der Waals surface area contributed by atoms with Gasteiger partial charge in [0.15, 0.2) is 0 Å². The number of para-hydroxylation sites is 2. The van der Waals surface area contributed by atoms with E-state index in [2.05, 4.69) is 34.2 Å². The second-order valence-corrected chi connectivity index (χ2v) is 9.25. The smallest absolute Gasteiger partial charge is 0.223 e. The minimum absolute atomic E-state index is 0.143. The predicted octanol–water partition coefficient (Wildman–Crippen LogP) is 5.28. The number of thiazole rings is 1. The average Bonchev–Trinajstić information content (AvgIpc) is 3.43. The third-order valence-electron chi connectivity index (χ3n) is 6.21. The van der Waals surface area contributed by atoms with Gasteiger partial charge >= 0.3 is 0 Å². The van der Waals surface area contributed by atoms with Gasteiger partial charge in [0, 0.05) is 42.2 Å². The van der Waals surface area contributed by atoms with Crippen LogP contribution in [0.15, 0.2) is 72.9 Å². The number of aryl methyl sites for hydroxylation is 1. The molecule has 158 valence electrons. The van der Waals surface area contributed by atoms with E-state index in [0.29, 0.717) is 19.4 Å². The largest absolute Gasteiger partial charge is 0.356 e. The Bertz CT molecular complexity index is 1390. The Morgan fingerprint density at radius 1 is 1.06 bits per heavy atom. The van der Waals surface area contributed by atoms with Crippen LogP contribution in [0.4, 0.5) is 0 Å². The molecule has 0 radical (unpaired) electrons. The molecule has 1 aliphatic heterocycles. The summed E-state index contributed by atoms with van der Waals surface area (Å²) in [6, 6.07) is 22.2. The maximum Gasteiger partial charge on any atom is 0.223 e. The van der Waals surface area contributed by atoms with E-state index in [0.717, 1.165) is 33.8 Å². The fourth-order valence-corrected chi connectivity index (χ4v) is 5.71. The van der Waals surface area contributed by atoms with Crippen molar-refractivity contribution in [2.45, 2.75) is 25.3 Å². The van der Waals surface area contributed by atoms with Gasteiger partial charge in [-0.25, -0.2) is 4.98 Å². The number of pyridine rings is 1. The van der Waals surface area contributed by atoms with Crippen molar-refractivity contribution < 1.29 is 4.79 Å². The van der Waals surface area contributed by atoms with E-state index in [9.17, 15) is 4.79 Å². The van der Waals surface area contributed by atoms with Crippen LogP contribution in [-0.2, 0) is 17.6 Å². The normalized spacial score (nSPS) is 15.9. The van der Waals surface area contributed by atoms with Crippen molar-refractivity contribution in [2.24, 2.45) is 0 Å². The first-order valence-corrected chi connectivity index (χ1v) is 11.7. The van der Waals surface area contributed by atoms with Gasteiger partial charge in [-0.2, -0.15) is 0 Å². The summed E-state index contributed by atoms with van der Waals surface area (Å²) < 4.78 is 1.17. The number of aromatic amines is 1. The lowest BCUT2D eigenvalue weighted by molar-refractivity contribution is -0.133. The zero-order chi connectivity index (χ0) is 21.5. The Labute approximate surface area is 189 Å². The monoisotopic (exact) mass is 438 g/mol. The number of benzene rings is 2. The van der Waals surface area contributed by atoms with E-state index in [1.165, 1.54) is 15.6 Å². The van der Waals surface area contributed by atoms with Gasteiger partial charge < -0.3 is 9.88 Å². The number of nitrogens with zero attached hydrogens (tertiary/aromatic N) is 3.